The summed E-state index contributed by atoms with van der Waals surface area (Å²) in [6.07, 6.45) is -4.49. The van der Waals surface area contributed by atoms with Crippen molar-refractivity contribution in [1.29, 1.82) is 0 Å². The molecule has 0 aliphatic heterocycles. The summed E-state index contributed by atoms with van der Waals surface area (Å²) in [7, 11) is 2.14. The van der Waals surface area contributed by atoms with Gasteiger partial charge in [-0.15, -0.1) is 0 Å². The third-order valence-corrected chi connectivity index (χ3v) is 5.38. The standard InChI is InChI=1S/C21H25F3N2O5/c1-13(14-8-5-4-6-9-14)25-16-10-7-11-20(16,19(29)31-3)12-15(17(27)30-2)26-18(28)21(22,23)24/h4-6,8-9,13,15H,7,10-12H2,1-3H3,(H,26,28)/b25-16+/t13?,15?,20-/m0/s1. The van der Waals surface area contributed by atoms with E-state index in [-0.39, 0.29) is 12.5 Å². The Labute approximate surface area is 178 Å². The molecular formula is C21H25F3N2O5. The van der Waals surface area contributed by atoms with E-state index >= 15 is 0 Å². The minimum absolute atomic E-state index is 0.218. The van der Waals surface area contributed by atoms with Crippen molar-refractivity contribution in [2.24, 2.45) is 10.4 Å². The molecule has 1 aromatic rings. The summed E-state index contributed by atoms with van der Waals surface area (Å²) < 4.78 is 47.8. The number of hydrogen-bond donors (Lipinski definition) is 1. The zero-order valence-corrected chi connectivity index (χ0v) is 17.5. The summed E-state index contributed by atoms with van der Waals surface area (Å²) in [6.45, 7) is 1.83. The molecule has 0 heterocycles. The number of carbonyl (C=O) groups excluding carboxylic acids is 3. The molecule has 1 fully saturated rings. The number of hydrogen-bond acceptors (Lipinski definition) is 6. The summed E-state index contributed by atoms with van der Waals surface area (Å²) in [5, 5.41) is 1.64. The number of nitrogens with one attached hydrogen (secondary N) is 1. The lowest BCUT2D eigenvalue weighted by Gasteiger charge is -2.31. The van der Waals surface area contributed by atoms with Crippen LogP contribution in [0, 0.1) is 5.41 Å². The Morgan fingerprint density at radius 1 is 1.16 bits per heavy atom. The number of alkyl halides is 3. The van der Waals surface area contributed by atoms with Gasteiger partial charge in [-0.3, -0.25) is 14.6 Å². The van der Waals surface area contributed by atoms with Crippen LogP contribution >= 0.6 is 0 Å². The first-order valence-electron chi connectivity index (χ1n) is 9.71. The van der Waals surface area contributed by atoms with Crippen molar-refractivity contribution in [2.75, 3.05) is 14.2 Å². The van der Waals surface area contributed by atoms with E-state index in [1.807, 2.05) is 37.3 Å². The summed E-state index contributed by atoms with van der Waals surface area (Å²) in [4.78, 5) is 41.1. The van der Waals surface area contributed by atoms with Crippen molar-refractivity contribution in [2.45, 2.75) is 50.9 Å². The van der Waals surface area contributed by atoms with Gasteiger partial charge in [-0.2, -0.15) is 13.2 Å². The molecule has 10 heteroatoms. The van der Waals surface area contributed by atoms with Crippen LogP contribution < -0.4 is 5.32 Å². The molecule has 1 aliphatic rings. The van der Waals surface area contributed by atoms with Crippen LogP contribution in [0.25, 0.3) is 0 Å². The third kappa shape index (κ3) is 5.62. The Kier molecular flexibility index (Phi) is 7.80. The summed E-state index contributed by atoms with van der Waals surface area (Å²) >= 11 is 0. The van der Waals surface area contributed by atoms with Gasteiger partial charge in [0.15, 0.2) is 0 Å². The van der Waals surface area contributed by atoms with E-state index in [0.29, 0.717) is 18.6 Å². The van der Waals surface area contributed by atoms with Crippen molar-refractivity contribution >= 4 is 23.6 Å². The molecule has 1 aromatic carbocycles. The monoisotopic (exact) mass is 442 g/mol. The van der Waals surface area contributed by atoms with Gasteiger partial charge < -0.3 is 14.8 Å². The second-order valence-corrected chi connectivity index (χ2v) is 7.34. The largest absolute Gasteiger partial charge is 0.471 e. The molecule has 1 amide bonds. The molecule has 0 spiro atoms. The Bertz CT molecular complexity index is 841. The van der Waals surface area contributed by atoms with Gasteiger partial charge in [-0.25, -0.2) is 4.79 Å². The zero-order chi connectivity index (χ0) is 23.2. The summed E-state index contributed by atoms with van der Waals surface area (Å²) in [6, 6.07) is 7.23. The molecule has 3 atom stereocenters. The van der Waals surface area contributed by atoms with E-state index in [1.54, 1.807) is 5.32 Å². The first kappa shape index (κ1) is 24.4. The first-order chi connectivity index (χ1) is 14.5. The minimum Gasteiger partial charge on any atom is -0.468 e. The molecule has 31 heavy (non-hydrogen) atoms. The van der Waals surface area contributed by atoms with Gasteiger partial charge in [0.2, 0.25) is 0 Å². The topological polar surface area (TPSA) is 94.1 Å². The van der Waals surface area contributed by atoms with Crippen LogP contribution in [0.4, 0.5) is 13.2 Å². The molecule has 0 aromatic heterocycles. The van der Waals surface area contributed by atoms with Crippen LogP contribution in [0.5, 0.6) is 0 Å². The lowest BCUT2D eigenvalue weighted by molar-refractivity contribution is -0.176. The number of aliphatic imine (C=N–C) groups is 1. The highest BCUT2D eigenvalue weighted by molar-refractivity contribution is 6.08. The minimum atomic E-state index is -5.20. The predicted octanol–water partition coefficient (Wildman–Crippen LogP) is 3.14. The summed E-state index contributed by atoms with van der Waals surface area (Å²) in [5.41, 5.74) is -0.142. The van der Waals surface area contributed by atoms with E-state index in [2.05, 4.69) is 9.73 Å². The van der Waals surface area contributed by atoms with Crippen molar-refractivity contribution in [1.82, 2.24) is 5.32 Å². The lowest BCUT2D eigenvalue weighted by Crippen LogP contribution is -2.52. The fraction of sp³-hybridized carbons (Fsp3) is 0.524. The maximum Gasteiger partial charge on any atom is 0.471 e. The Morgan fingerprint density at radius 2 is 1.81 bits per heavy atom. The van der Waals surface area contributed by atoms with Gasteiger partial charge in [-0.1, -0.05) is 30.3 Å². The van der Waals surface area contributed by atoms with Gasteiger partial charge in [0, 0.05) is 5.71 Å². The van der Waals surface area contributed by atoms with Gasteiger partial charge in [0.05, 0.1) is 20.3 Å². The molecule has 0 bridgehead atoms. The molecule has 1 N–H and O–H groups in total. The maximum atomic E-state index is 12.8. The normalized spacial score (nSPS) is 21.9. The quantitative estimate of drug-likeness (QED) is 0.655. The molecule has 0 radical (unpaired) electrons. The van der Waals surface area contributed by atoms with E-state index in [9.17, 15) is 27.6 Å². The van der Waals surface area contributed by atoms with Crippen LogP contribution in [-0.2, 0) is 23.9 Å². The fourth-order valence-corrected chi connectivity index (χ4v) is 3.81. The van der Waals surface area contributed by atoms with Crippen LogP contribution in [0.1, 0.15) is 44.2 Å². The average Bonchev–Trinajstić information content (AvgIpc) is 3.14. The maximum absolute atomic E-state index is 12.8. The van der Waals surface area contributed by atoms with Gasteiger partial charge in [-0.05, 0) is 38.2 Å². The van der Waals surface area contributed by atoms with Crippen molar-refractivity contribution in [3.63, 3.8) is 0 Å². The number of nitrogens with zero attached hydrogens (tertiary/aromatic N) is 1. The van der Waals surface area contributed by atoms with E-state index in [0.717, 1.165) is 19.8 Å². The molecule has 0 saturated heterocycles. The van der Waals surface area contributed by atoms with Crippen molar-refractivity contribution < 1.29 is 37.0 Å². The fourth-order valence-electron chi connectivity index (χ4n) is 3.81. The predicted molar refractivity (Wildman–Crippen MR) is 105 cm³/mol. The van der Waals surface area contributed by atoms with Gasteiger partial charge in [0.25, 0.3) is 0 Å². The highest BCUT2D eigenvalue weighted by Crippen LogP contribution is 2.42. The number of rotatable bonds is 7. The zero-order valence-electron chi connectivity index (χ0n) is 17.5. The lowest BCUT2D eigenvalue weighted by atomic mass is 9.78. The number of halogens is 3. The Hall–Kier alpha value is -2.91. The highest BCUT2D eigenvalue weighted by atomic mass is 19.4. The molecule has 2 rings (SSSR count). The van der Waals surface area contributed by atoms with E-state index in [1.165, 1.54) is 0 Å². The van der Waals surface area contributed by atoms with Crippen LogP contribution in [0.2, 0.25) is 0 Å². The third-order valence-electron chi connectivity index (χ3n) is 5.38. The second kappa shape index (κ2) is 9.93. The first-order valence-corrected chi connectivity index (χ1v) is 9.71. The number of amides is 1. The van der Waals surface area contributed by atoms with Gasteiger partial charge in [0.1, 0.15) is 11.5 Å². The number of methoxy groups -OCH3 is 2. The van der Waals surface area contributed by atoms with E-state index < -0.39 is 41.9 Å². The molecule has 170 valence electrons. The van der Waals surface area contributed by atoms with Gasteiger partial charge >= 0.3 is 24.0 Å². The number of esters is 2. The van der Waals surface area contributed by atoms with Crippen molar-refractivity contribution in [3.05, 3.63) is 35.9 Å². The molecule has 1 aliphatic carbocycles. The molecule has 1 saturated carbocycles. The van der Waals surface area contributed by atoms with Crippen LogP contribution in [-0.4, -0.2) is 50.0 Å². The average molecular weight is 442 g/mol. The molecule has 7 nitrogen and oxygen atoms in total. The van der Waals surface area contributed by atoms with E-state index in [4.69, 9.17) is 4.74 Å². The SMILES string of the molecule is COC(=O)C(C[C@@]1(C(=O)OC)CCC/C1=N\C(C)c1ccccc1)NC(=O)C(F)(F)F. The number of ether oxygens (including phenoxy) is 2. The molecule has 2 unspecified atom stereocenters. The summed E-state index contributed by atoms with van der Waals surface area (Å²) in [5.74, 6) is -4.11. The van der Waals surface area contributed by atoms with Crippen LogP contribution in [0.15, 0.2) is 35.3 Å². The smallest absolute Gasteiger partial charge is 0.468 e. The number of carbonyl (C=O) groups is 3. The highest BCUT2D eigenvalue weighted by Gasteiger charge is 2.51. The van der Waals surface area contributed by atoms with Crippen LogP contribution in [0.3, 0.4) is 0 Å². The Balaban J connectivity index is 2.43. The second-order valence-electron chi connectivity index (χ2n) is 7.34. The number of benzene rings is 1. The molecular weight excluding hydrogens is 417 g/mol. The Morgan fingerprint density at radius 3 is 2.35 bits per heavy atom. The van der Waals surface area contributed by atoms with Crippen molar-refractivity contribution in [3.8, 4) is 0 Å².